The molecule has 0 spiro atoms. The van der Waals surface area contributed by atoms with Gasteiger partial charge < -0.3 is 4.74 Å². The number of nitrogens with one attached hydrogen (secondary N) is 2. The van der Waals surface area contributed by atoms with E-state index in [1.165, 1.54) is 31.4 Å². The fourth-order valence-corrected chi connectivity index (χ4v) is 5.54. The molecule has 33 heavy (non-hydrogen) atoms. The minimum atomic E-state index is -3.92. The van der Waals surface area contributed by atoms with Crippen LogP contribution < -0.4 is 10.3 Å². The van der Waals surface area contributed by atoms with Crippen LogP contribution in [-0.2, 0) is 34.0 Å². The lowest BCUT2D eigenvalue weighted by molar-refractivity contribution is 0.0600. The number of aryl methyl sites for hydroxylation is 1. The number of carbonyl (C=O) groups is 1. The summed E-state index contributed by atoms with van der Waals surface area (Å²) in [4.78, 5) is 24.0. The Balaban J connectivity index is 1.73. The Morgan fingerprint density at radius 2 is 1.79 bits per heavy atom. The Hall–Kier alpha value is -3.46. The van der Waals surface area contributed by atoms with E-state index in [-0.39, 0.29) is 10.5 Å². The molecule has 8 nitrogen and oxygen atoms in total. The van der Waals surface area contributed by atoms with Crippen LogP contribution in [-0.4, -0.2) is 31.7 Å². The second kappa shape index (κ2) is 9.19. The lowest BCUT2D eigenvalue weighted by Crippen LogP contribution is -2.21. The number of nitrogens with zero attached hydrogens (tertiary/aromatic N) is 1. The molecule has 1 aromatic heterocycles. The van der Waals surface area contributed by atoms with Crippen molar-refractivity contribution in [1.29, 1.82) is 0 Å². The lowest BCUT2D eigenvalue weighted by atomic mass is 9.89. The highest BCUT2D eigenvalue weighted by Crippen LogP contribution is 2.31. The smallest absolute Gasteiger partial charge is 0.337 e. The molecular formula is C24H25N3O5S. The van der Waals surface area contributed by atoms with Crippen molar-refractivity contribution in [2.24, 2.45) is 0 Å². The third kappa shape index (κ3) is 4.54. The number of benzene rings is 2. The largest absolute Gasteiger partial charge is 0.465 e. The van der Waals surface area contributed by atoms with Crippen molar-refractivity contribution in [3.8, 4) is 11.3 Å². The third-order valence-electron chi connectivity index (χ3n) is 5.87. The number of methoxy groups -OCH3 is 1. The van der Waals surface area contributed by atoms with Crippen molar-refractivity contribution in [1.82, 2.24) is 10.2 Å². The van der Waals surface area contributed by atoms with Crippen molar-refractivity contribution < 1.29 is 17.9 Å². The summed E-state index contributed by atoms with van der Waals surface area (Å²) < 4.78 is 33.9. The molecule has 4 rings (SSSR count). The van der Waals surface area contributed by atoms with E-state index in [0.29, 0.717) is 40.9 Å². The molecule has 1 aliphatic carbocycles. The molecule has 1 heterocycles. The van der Waals surface area contributed by atoms with Gasteiger partial charge in [-0.15, -0.1) is 0 Å². The molecule has 0 atom stereocenters. The molecule has 0 saturated carbocycles. The zero-order valence-corrected chi connectivity index (χ0v) is 19.3. The van der Waals surface area contributed by atoms with Crippen molar-refractivity contribution >= 4 is 21.7 Å². The van der Waals surface area contributed by atoms with E-state index in [2.05, 4.69) is 19.7 Å². The molecule has 0 amide bonds. The van der Waals surface area contributed by atoms with Gasteiger partial charge in [-0.3, -0.25) is 9.52 Å². The van der Waals surface area contributed by atoms with E-state index in [9.17, 15) is 18.0 Å². The average molecular weight is 468 g/mol. The van der Waals surface area contributed by atoms with Crippen LogP contribution in [0.5, 0.6) is 0 Å². The second-order valence-corrected chi connectivity index (χ2v) is 9.57. The zero-order chi connectivity index (χ0) is 23.6. The Labute approximate surface area is 192 Å². The van der Waals surface area contributed by atoms with Crippen LogP contribution in [0.4, 0.5) is 5.69 Å². The lowest BCUT2D eigenvalue weighted by Gasteiger charge is -2.18. The van der Waals surface area contributed by atoms with Crippen LogP contribution in [0.2, 0.25) is 0 Å². The van der Waals surface area contributed by atoms with Gasteiger partial charge in [0, 0.05) is 16.8 Å². The summed E-state index contributed by atoms with van der Waals surface area (Å²) in [5.41, 5.74) is 4.02. The molecular weight excluding hydrogens is 442 g/mol. The number of sulfonamides is 1. The first-order valence-corrected chi connectivity index (χ1v) is 12.3. The third-order valence-corrected chi connectivity index (χ3v) is 7.33. The molecule has 0 radical (unpaired) electrons. The number of hydrogen-bond donors (Lipinski definition) is 2. The monoisotopic (exact) mass is 467 g/mol. The van der Waals surface area contributed by atoms with Gasteiger partial charge in [0.1, 0.15) is 0 Å². The number of H-pyrrole nitrogens is 1. The highest BCUT2D eigenvalue weighted by Gasteiger charge is 2.23. The first-order valence-electron chi connectivity index (χ1n) is 10.8. The van der Waals surface area contributed by atoms with Gasteiger partial charge in [-0.25, -0.2) is 18.3 Å². The molecule has 3 aromatic rings. The molecule has 9 heteroatoms. The van der Waals surface area contributed by atoms with Gasteiger partial charge in [-0.05, 0) is 73.6 Å². The molecule has 2 N–H and O–H groups in total. The molecule has 0 aliphatic heterocycles. The zero-order valence-electron chi connectivity index (χ0n) is 18.5. The second-order valence-electron chi connectivity index (χ2n) is 7.92. The number of anilines is 1. The maximum atomic E-state index is 13.3. The summed E-state index contributed by atoms with van der Waals surface area (Å²) in [5, 5.41) is 6.83. The van der Waals surface area contributed by atoms with Gasteiger partial charge in [0.2, 0.25) is 0 Å². The maximum Gasteiger partial charge on any atom is 0.337 e. The number of aromatic amines is 1. The molecule has 0 bridgehead atoms. The van der Waals surface area contributed by atoms with Crippen molar-refractivity contribution in [2.45, 2.75) is 43.9 Å². The number of hydrogen-bond acceptors (Lipinski definition) is 6. The van der Waals surface area contributed by atoms with Crippen LogP contribution in [0, 0.1) is 0 Å². The van der Waals surface area contributed by atoms with Crippen LogP contribution in [0.1, 0.15) is 46.8 Å². The summed E-state index contributed by atoms with van der Waals surface area (Å²) in [6, 6.07) is 11.3. The Bertz CT molecular complexity index is 1360. The summed E-state index contributed by atoms with van der Waals surface area (Å²) >= 11 is 0. The fraction of sp³-hybridized carbons (Fsp3) is 0.292. The van der Waals surface area contributed by atoms with Crippen molar-refractivity contribution in [3.05, 3.63) is 75.1 Å². The van der Waals surface area contributed by atoms with Crippen LogP contribution in [0.3, 0.4) is 0 Å². The highest BCUT2D eigenvalue weighted by molar-refractivity contribution is 7.92. The Morgan fingerprint density at radius 1 is 1.09 bits per heavy atom. The summed E-state index contributed by atoms with van der Waals surface area (Å²) in [5.74, 6) is -0.498. The highest BCUT2D eigenvalue weighted by atomic mass is 32.2. The minimum absolute atomic E-state index is 0.150. The number of aromatic nitrogens is 2. The van der Waals surface area contributed by atoms with E-state index in [1.54, 1.807) is 12.1 Å². The molecule has 0 unspecified atom stereocenters. The van der Waals surface area contributed by atoms with E-state index in [1.807, 2.05) is 13.0 Å². The molecule has 2 aromatic carbocycles. The Kier molecular flexibility index (Phi) is 6.33. The summed E-state index contributed by atoms with van der Waals surface area (Å²) in [6.45, 7) is 1.89. The van der Waals surface area contributed by atoms with Gasteiger partial charge in [-0.2, -0.15) is 5.10 Å². The van der Waals surface area contributed by atoms with Crippen LogP contribution in [0.15, 0.2) is 52.2 Å². The topological polar surface area (TPSA) is 118 Å². The van der Waals surface area contributed by atoms with Gasteiger partial charge in [0.15, 0.2) is 0 Å². The minimum Gasteiger partial charge on any atom is -0.465 e. The SMILES string of the molecule is CCc1ccc(-c2n[nH]c(=O)c3c2CCCC3)cc1S(=O)(=O)Nc1ccc(C(=O)OC)cc1. The Morgan fingerprint density at radius 3 is 2.45 bits per heavy atom. The molecule has 0 saturated heterocycles. The number of carbonyl (C=O) groups excluding carboxylic acids is 1. The van der Waals surface area contributed by atoms with Crippen molar-refractivity contribution in [3.63, 3.8) is 0 Å². The fourth-order valence-electron chi connectivity index (χ4n) is 4.14. The van der Waals surface area contributed by atoms with Gasteiger partial charge >= 0.3 is 5.97 Å². The summed E-state index contributed by atoms with van der Waals surface area (Å²) in [6.07, 6.45) is 3.87. The van der Waals surface area contributed by atoms with Crippen LogP contribution in [0.25, 0.3) is 11.3 Å². The number of fused-ring (bicyclic) bond motifs is 1. The van der Waals surface area contributed by atoms with E-state index < -0.39 is 16.0 Å². The first kappa shape index (κ1) is 22.7. The molecule has 0 fully saturated rings. The standard InChI is InChI=1S/C24H25N3O5S/c1-3-15-8-9-17(22-19-6-4-5-7-20(19)23(28)26-25-22)14-21(15)33(30,31)27-18-12-10-16(11-13-18)24(29)32-2/h8-14,27H,3-7H2,1-2H3,(H,26,28). The van der Waals surface area contributed by atoms with Crippen LogP contribution >= 0.6 is 0 Å². The van der Waals surface area contributed by atoms with Crippen molar-refractivity contribution in [2.75, 3.05) is 11.8 Å². The molecule has 172 valence electrons. The van der Waals surface area contributed by atoms with E-state index in [4.69, 9.17) is 0 Å². The predicted molar refractivity (Wildman–Crippen MR) is 125 cm³/mol. The number of ether oxygens (including phenoxy) is 1. The normalized spacial score (nSPS) is 13.3. The van der Waals surface area contributed by atoms with E-state index >= 15 is 0 Å². The van der Waals surface area contributed by atoms with Gasteiger partial charge in [0.25, 0.3) is 15.6 Å². The quantitative estimate of drug-likeness (QED) is 0.536. The average Bonchev–Trinajstić information content (AvgIpc) is 2.84. The first-order chi connectivity index (χ1) is 15.8. The number of esters is 1. The van der Waals surface area contributed by atoms with Gasteiger partial charge in [0.05, 0.1) is 23.3 Å². The molecule has 1 aliphatic rings. The number of rotatable bonds is 6. The maximum absolute atomic E-state index is 13.3. The summed E-state index contributed by atoms with van der Waals surface area (Å²) in [7, 11) is -2.64. The predicted octanol–water partition coefficient (Wildman–Crippen LogP) is 3.47. The van der Waals surface area contributed by atoms with E-state index in [0.717, 1.165) is 30.4 Å². The van der Waals surface area contributed by atoms with Gasteiger partial charge in [-0.1, -0.05) is 19.1 Å².